The highest BCUT2D eigenvalue weighted by Crippen LogP contribution is 2.34. The first-order valence-electron chi connectivity index (χ1n) is 3.84. The van der Waals surface area contributed by atoms with Gasteiger partial charge in [0.2, 0.25) is 12.5 Å². The standard InChI is InChI=1S/C7H11N3O2/c1-10-7-6(11-4-12-7)5(9-10)2-3-8/h2-4,8H2,1H3. The topological polar surface area (TPSA) is 62.3 Å². The van der Waals surface area contributed by atoms with Crippen LogP contribution in [0.15, 0.2) is 0 Å². The lowest BCUT2D eigenvalue weighted by molar-refractivity contribution is 0.162. The molecule has 1 aliphatic heterocycles. The van der Waals surface area contributed by atoms with Crippen LogP contribution in [-0.2, 0) is 13.5 Å². The van der Waals surface area contributed by atoms with E-state index in [-0.39, 0.29) is 0 Å². The fourth-order valence-electron chi connectivity index (χ4n) is 1.29. The summed E-state index contributed by atoms with van der Waals surface area (Å²) in [6.07, 6.45) is 0.729. The van der Waals surface area contributed by atoms with Gasteiger partial charge in [-0.05, 0) is 6.54 Å². The van der Waals surface area contributed by atoms with Crippen molar-refractivity contribution in [3.05, 3.63) is 5.69 Å². The smallest absolute Gasteiger partial charge is 0.258 e. The van der Waals surface area contributed by atoms with Crippen molar-refractivity contribution in [2.75, 3.05) is 13.3 Å². The number of fused-ring (bicyclic) bond motifs is 1. The Hall–Kier alpha value is -1.23. The quantitative estimate of drug-likeness (QED) is 0.657. The van der Waals surface area contributed by atoms with Gasteiger partial charge < -0.3 is 15.2 Å². The Morgan fingerprint density at radius 1 is 1.58 bits per heavy atom. The van der Waals surface area contributed by atoms with E-state index in [2.05, 4.69) is 5.10 Å². The molecule has 2 heterocycles. The molecule has 0 fully saturated rings. The van der Waals surface area contributed by atoms with Crippen LogP contribution in [0.3, 0.4) is 0 Å². The number of rotatable bonds is 2. The Balaban J connectivity index is 2.37. The van der Waals surface area contributed by atoms with E-state index >= 15 is 0 Å². The van der Waals surface area contributed by atoms with Crippen LogP contribution >= 0.6 is 0 Å². The molecule has 12 heavy (non-hydrogen) atoms. The zero-order valence-electron chi connectivity index (χ0n) is 6.91. The average Bonchev–Trinajstić information content (AvgIpc) is 2.58. The molecule has 0 bridgehead atoms. The molecule has 0 aliphatic carbocycles. The summed E-state index contributed by atoms with van der Waals surface area (Å²) >= 11 is 0. The molecule has 0 amide bonds. The molecule has 5 nitrogen and oxygen atoms in total. The number of hydrogen-bond donors (Lipinski definition) is 1. The molecule has 1 aliphatic rings. The van der Waals surface area contributed by atoms with E-state index in [0.29, 0.717) is 19.2 Å². The number of aromatic nitrogens is 2. The predicted octanol–water partition coefficient (Wildman–Crippen LogP) is -0.350. The van der Waals surface area contributed by atoms with Crippen LogP contribution in [0, 0.1) is 0 Å². The van der Waals surface area contributed by atoms with Gasteiger partial charge in [-0.25, -0.2) is 4.68 Å². The highest BCUT2D eigenvalue weighted by Gasteiger charge is 2.23. The van der Waals surface area contributed by atoms with Crippen molar-refractivity contribution in [1.29, 1.82) is 0 Å². The van der Waals surface area contributed by atoms with Crippen LogP contribution in [0.2, 0.25) is 0 Å². The molecule has 0 saturated carbocycles. The maximum atomic E-state index is 5.42. The van der Waals surface area contributed by atoms with E-state index in [9.17, 15) is 0 Å². The Morgan fingerprint density at radius 2 is 2.42 bits per heavy atom. The molecule has 0 saturated heterocycles. The second-order valence-electron chi connectivity index (χ2n) is 2.65. The fraction of sp³-hybridized carbons (Fsp3) is 0.571. The van der Waals surface area contributed by atoms with Crippen LogP contribution < -0.4 is 15.2 Å². The van der Waals surface area contributed by atoms with E-state index in [4.69, 9.17) is 15.2 Å². The van der Waals surface area contributed by atoms with Crippen LogP contribution in [0.4, 0.5) is 0 Å². The molecule has 0 unspecified atom stereocenters. The lowest BCUT2D eigenvalue weighted by Crippen LogP contribution is -2.07. The van der Waals surface area contributed by atoms with Crippen LogP contribution in [0.1, 0.15) is 5.69 Å². The molecule has 0 spiro atoms. The molecular weight excluding hydrogens is 158 g/mol. The van der Waals surface area contributed by atoms with Crippen molar-refractivity contribution < 1.29 is 9.47 Å². The zero-order chi connectivity index (χ0) is 8.55. The molecule has 0 atom stereocenters. The van der Waals surface area contributed by atoms with Crippen molar-refractivity contribution in [3.8, 4) is 11.6 Å². The van der Waals surface area contributed by atoms with E-state index in [0.717, 1.165) is 17.9 Å². The monoisotopic (exact) mass is 169 g/mol. The minimum absolute atomic E-state index is 0.290. The molecule has 2 rings (SSSR count). The van der Waals surface area contributed by atoms with Crippen LogP contribution in [-0.4, -0.2) is 23.1 Å². The second kappa shape index (κ2) is 2.67. The summed E-state index contributed by atoms with van der Waals surface area (Å²) in [6.45, 7) is 0.866. The average molecular weight is 169 g/mol. The summed E-state index contributed by atoms with van der Waals surface area (Å²) in [5, 5.41) is 4.21. The lowest BCUT2D eigenvalue weighted by atomic mass is 10.3. The number of hydrogen-bond acceptors (Lipinski definition) is 4. The van der Waals surface area contributed by atoms with Gasteiger partial charge in [0, 0.05) is 13.5 Å². The first kappa shape index (κ1) is 7.42. The summed E-state index contributed by atoms with van der Waals surface area (Å²) in [5.74, 6) is 1.46. The summed E-state index contributed by atoms with van der Waals surface area (Å²) in [4.78, 5) is 0. The van der Waals surface area contributed by atoms with Gasteiger partial charge >= 0.3 is 0 Å². The van der Waals surface area contributed by atoms with Crippen molar-refractivity contribution in [3.63, 3.8) is 0 Å². The molecule has 5 heteroatoms. The summed E-state index contributed by atoms with van der Waals surface area (Å²) in [6, 6.07) is 0. The van der Waals surface area contributed by atoms with Crippen molar-refractivity contribution in [1.82, 2.24) is 9.78 Å². The maximum absolute atomic E-state index is 5.42. The molecule has 1 aromatic heterocycles. The lowest BCUT2D eigenvalue weighted by Gasteiger charge is -1.96. The summed E-state index contributed by atoms with van der Waals surface area (Å²) < 4.78 is 12.1. The Labute approximate surface area is 70.1 Å². The maximum Gasteiger partial charge on any atom is 0.258 e. The van der Waals surface area contributed by atoms with E-state index in [1.165, 1.54) is 0 Å². The van der Waals surface area contributed by atoms with Crippen molar-refractivity contribution in [2.24, 2.45) is 12.8 Å². The molecule has 1 aromatic rings. The largest absolute Gasteiger partial charge is 0.450 e. The number of aryl methyl sites for hydroxylation is 1. The van der Waals surface area contributed by atoms with Crippen LogP contribution in [0.5, 0.6) is 11.6 Å². The predicted molar refractivity (Wildman–Crippen MR) is 42.1 cm³/mol. The van der Waals surface area contributed by atoms with Gasteiger partial charge in [-0.1, -0.05) is 0 Å². The van der Waals surface area contributed by atoms with E-state index < -0.39 is 0 Å². The summed E-state index contributed by atoms with van der Waals surface area (Å²) in [7, 11) is 1.83. The minimum atomic E-state index is 0.290. The van der Waals surface area contributed by atoms with Gasteiger partial charge in [0.25, 0.3) is 5.88 Å². The van der Waals surface area contributed by atoms with Gasteiger partial charge in [0.15, 0.2) is 0 Å². The third-order valence-corrected chi connectivity index (χ3v) is 1.80. The normalized spacial score (nSPS) is 13.8. The SMILES string of the molecule is Cn1nc(CCN)c2c1OCO2. The number of nitrogens with zero attached hydrogens (tertiary/aromatic N) is 2. The van der Waals surface area contributed by atoms with Gasteiger partial charge in [0.1, 0.15) is 5.69 Å². The molecule has 2 N–H and O–H groups in total. The van der Waals surface area contributed by atoms with Crippen LogP contribution in [0.25, 0.3) is 0 Å². The molecule has 0 aromatic carbocycles. The number of nitrogens with two attached hydrogens (primary N) is 1. The van der Waals surface area contributed by atoms with E-state index in [1.807, 2.05) is 7.05 Å². The molecule has 66 valence electrons. The third-order valence-electron chi connectivity index (χ3n) is 1.80. The molecular formula is C7H11N3O2. The highest BCUT2D eigenvalue weighted by molar-refractivity contribution is 5.40. The first-order chi connectivity index (χ1) is 5.83. The van der Waals surface area contributed by atoms with Gasteiger partial charge in [-0.3, -0.25) is 0 Å². The minimum Gasteiger partial charge on any atom is -0.450 e. The van der Waals surface area contributed by atoms with Crippen molar-refractivity contribution >= 4 is 0 Å². The Bertz CT molecular complexity index is 295. The second-order valence-corrected chi connectivity index (χ2v) is 2.65. The van der Waals surface area contributed by atoms with Crippen molar-refractivity contribution in [2.45, 2.75) is 6.42 Å². The highest BCUT2D eigenvalue weighted by atomic mass is 16.7. The zero-order valence-corrected chi connectivity index (χ0v) is 6.91. The summed E-state index contributed by atoms with van der Waals surface area (Å²) in [5.41, 5.74) is 6.30. The third kappa shape index (κ3) is 0.937. The Kier molecular flexibility index (Phi) is 1.65. The number of ether oxygens (including phenoxy) is 2. The van der Waals surface area contributed by atoms with Gasteiger partial charge in [-0.2, -0.15) is 5.10 Å². The van der Waals surface area contributed by atoms with E-state index in [1.54, 1.807) is 4.68 Å². The fourth-order valence-corrected chi connectivity index (χ4v) is 1.29. The first-order valence-corrected chi connectivity index (χ1v) is 3.84. The van der Waals surface area contributed by atoms with Gasteiger partial charge in [-0.15, -0.1) is 0 Å². The molecule has 0 radical (unpaired) electrons. The van der Waals surface area contributed by atoms with Gasteiger partial charge in [0.05, 0.1) is 0 Å². The Morgan fingerprint density at radius 3 is 3.17 bits per heavy atom.